The van der Waals surface area contributed by atoms with Crippen LogP contribution in [0.25, 0.3) is 10.9 Å². The van der Waals surface area contributed by atoms with Crippen LogP contribution in [0.15, 0.2) is 36.4 Å². The Morgan fingerprint density at radius 2 is 2.06 bits per heavy atom. The summed E-state index contributed by atoms with van der Waals surface area (Å²) in [5.74, 6) is 0.228. The van der Waals surface area contributed by atoms with Crippen molar-refractivity contribution in [2.45, 2.75) is 19.8 Å². The molecule has 1 aromatic heterocycles. The third-order valence-electron chi connectivity index (χ3n) is 3.16. The summed E-state index contributed by atoms with van der Waals surface area (Å²) in [7, 11) is 0. The first-order valence-corrected chi connectivity index (χ1v) is 6.28. The molecule has 0 spiro atoms. The molecule has 1 atom stereocenters. The quantitative estimate of drug-likeness (QED) is 0.875. The molecule has 1 unspecified atom stereocenters. The number of nitrogens with zero attached hydrogens (tertiary/aromatic N) is 1. The number of hydrogen-bond donors (Lipinski definition) is 1. The molecule has 1 aromatic carbocycles. The van der Waals surface area contributed by atoms with Crippen LogP contribution in [0.3, 0.4) is 0 Å². The maximum Gasteiger partial charge on any atom is 0.141 e. The molecule has 2 N–H and O–H groups in total. The molecule has 1 heterocycles. The molecule has 0 saturated heterocycles. The Kier molecular flexibility index (Phi) is 4.05. The molecule has 0 bridgehead atoms. The number of benzene rings is 1. The average molecular weight is 242 g/mol. The van der Waals surface area contributed by atoms with E-state index >= 15 is 0 Å². The lowest BCUT2D eigenvalue weighted by molar-refractivity contribution is -0.121. The molecule has 0 amide bonds. The largest absolute Gasteiger partial charge is 0.330 e. The molecule has 2 rings (SSSR count). The number of fused-ring (bicyclic) bond motifs is 1. The van der Waals surface area contributed by atoms with Gasteiger partial charge in [0, 0.05) is 23.4 Å². The van der Waals surface area contributed by atoms with E-state index in [9.17, 15) is 4.79 Å². The van der Waals surface area contributed by atoms with Crippen molar-refractivity contribution < 1.29 is 4.79 Å². The van der Waals surface area contributed by atoms with E-state index in [0.717, 1.165) is 23.0 Å². The third kappa shape index (κ3) is 2.93. The minimum Gasteiger partial charge on any atom is -0.330 e. The molecule has 94 valence electrons. The second kappa shape index (κ2) is 5.74. The zero-order chi connectivity index (χ0) is 13.0. The van der Waals surface area contributed by atoms with Gasteiger partial charge in [-0.2, -0.15) is 0 Å². The summed E-state index contributed by atoms with van der Waals surface area (Å²) < 4.78 is 0. The summed E-state index contributed by atoms with van der Waals surface area (Å²) in [5.41, 5.74) is 7.24. The van der Waals surface area contributed by atoms with Crippen molar-refractivity contribution in [3.05, 3.63) is 42.1 Å². The maximum absolute atomic E-state index is 11.9. The van der Waals surface area contributed by atoms with Gasteiger partial charge in [0.15, 0.2) is 0 Å². The first kappa shape index (κ1) is 12.7. The Balaban J connectivity index is 2.14. The van der Waals surface area contributed by atoms with Gasteiger partial charge in [0.25, 0.3) is 0 Å². The SMILES string of the molecule is CC(CCN)C(=O)Cc1ccc2ccccc2n1. The van der Waals surface area contributed by atoms with E-state index in [1.54, 1.807) is 0 Å². The summed E-state index contributed by atoms with van der Waals surface area (Å²) >= 11 is 0. The van der Waals surface area contributed by atoms with Crippen molar-refractivity contribution in [3.63, 3.8) is 0 Å². The summed E-state index contributed by atoms with van der Waals surface area (Å²) in [4.78, 5) is 16.4. The number of para-hydroxylation sites is 1. The van der Waals surface area contributed by atoms with Crippen LogP contribution in [0.4, 0.5) is 0 Å². The van der Waals surface area contributed by atoms with Gasteiger partial charge in [-0.15, -0.1) is 0 Å². The van der Waals surface area contributed by atoms with Crippen LogP contribution in [-0.4, -0.2) is 17.3 Å². The lowest BCUT2D eigenvalue weighted by Gasteiger charge is -2.08. The fraction of sp³-hybridized carbons (Fsp3) is 0.333. The predicted octanol–water partition coefficient (Wildman–Crippen LogP) is 2.33. The van der Waals surface area contributed by atoms with Crippen LogP contribution in [0.5, 0.6) is 0 Å². The lowest BCUT2D eigenvalue weighted by atomic mass is 9.98. The van der Waals surface area contributed by atoms with Crippen molar-refractivity contribution in [2.24, 2.45) is 11.7 Å². The van der Waals surface area contributed by atoms with Crippen molar-refractivity contribution >= 4 is 16.7 Å². The van der Waals surface area contributed by atoms with Gasteiger partial charge in [0.1, 0.15) is 5.78 Å². The standard InChI is InChI=1S/C15H18N2O/c1-11(8-9-16)15(18)10-13-7-6-12-4-2-3-5-14(12)17-13/h2-7,11H,8-10,16H2,1H3. The molecule has 0 radical (unpaired) electrons. The molecule has 2 aromatic rings. The molecular formula is C15H18N2O. The highest BCUT2D eigenvalue weighted by Crippen LogP contribution is 2.13. The number of hydrogen-bond acceptors (Lipinski definition) is 3. The van der Waals surface area contributed by atoms with E-state index in [-0.39, 0.29) is 11.7 Å². The minimum absolute atomic E-state index is 0.0169. The van der Waals surface area contributed by atoms with E-state index in [1.807, 2.05) is 43.3 Å². The number of aromatic nitrogens is 1. The molecule has 0 saturated carbocycles. The van der Waals surface area contributed by atoms with Crippen molar-refractivity contribution in [1.29, 1.82) is 0 Å². The number of pyridine rings is 1. The minimum atomic E-state index is 0.0169. The van der Waals surface area contributed by atoms with Gasteiger partial charge >= 0.3 is 0 Å². The Labute approximate surface area is 107 Å². The Bertz CT molecular complexity index is 551. The number of carbonyl (C=O) groups excluding carboxylic acids is 1. The molecule has 0 fully saturated rings. The Hall–Kier alpha value is -1.74. The second-order valence-electron chi connectivity index (χ2n) is 4.62. The van der Waals surface area contributed by atoms with Gasteiger partial charge < -0.3 is 5.73 Å². The van der Waals surface area contributed by atoms with E-state index in [0.29, 0.717) is 13.0 Å². The first-order chi connectivity index (χ1) is 8.70. The maximum atomic E-state index is 11.9. The summed E-state index contributed by atoms with van der Waals surface area (Å²) in [6.45, 7) is 2.48. The normalized spacial score (nSPS) is 12.6. The number of Topliss-reactive ketones (excluding diaryl/α,β-unsaturated/α-hetero) is 1. The van der Waals surface area contributed by atoms with Crippen LogP contribution in [-0.2, 0) is 11.2 Å². The highest BCUT2D eigenvalue weighted by atomic mass is 16.1. The lowest BCUT2D eigenvalue weighted by Crippen LogP contribution is -2.17. The molecule has 18 heavy (non-hydrogen) atoms. The van der Waals surface area contributed by atoms with Crippen molar-refractivity contribution in [3.8, 4) is 0 Å². The zero-order valence-corrected chi connectivity index (χ0v) is 10.6. The fourth-order valence-corrected chi connectivity index (χ4v) is 1.97. The highest BCUT2D eigenvalue weighted by molar-refractivity contribution is 5.84. The first-order valence-electron chi connectivity index (χ1n) is 6.28. The smallest absolute Gasteiger partial charge is 0.141 e. The summed E-state index contributed by atoms with van der Waals surface area (Å²) in [6, 6.07) is 11.9. The molecule has 0 aliphatic rings. The number of ketones is 1. The molecule has 0 aliphatic carbocycles. The average Bonchev–Trinajstić information content (AvgIpc) is 2.39. The van der Waals surface area contributed by atoms with Crippen LogP contribution >= 0.6 is 0 Å². The number of rotatable bonds is 5. The van der Waals surface area contributed by atoms with Crippen LogP contribution < -0.4 is 5.73 Å². The Morgan fingerprint density at radius 1 is 1.28 bits per heavy atom. The van der Waals surface area contributed by atoms with Crippen LogP contribution in [0.1, 0.15) is 19.0 Å². The van der Waals surface area contributed by atoms with Crippen LogP contribution in [0.2, 0.25) is 0 Å². The number of carbonyl (C=O) groups is 1. The van der Waals surface area contributed by atoms with Gasteiger partial charge in [-0.05, 0) is 25.1 Å². The van der Waals surface area contributed by atoms with Crippen LogP contribution in [0, 0.1) is 5.92 Å². The van der Waals surface area contributed by atoms with E-state index < -0.39 is 0 Å². The van der Waals surface area contributed by atoms with Crippen molar-refractivity contribution in [2.75, 3.05) is 6.54 Å². The molecule has 3 nitrogen and oxygen atoms in total. The Morgan fingerprint density at radius 3 is 2.83 bits per heavy atom. The molecule has 0 aliphatic heterocycles. The van der Waals surface area contributed by atoms with Gasteiger partial charge in [0.05, 0.1) is 5.52 Å². The fourth-order valence-electron chi connectivity index (χ4n) is 1.97. The molecular weight excluding hydrogens is 224 g/mol. The van der Waals surface area contributed by atoms with E-state index in [2.05, 4.69) is 4.98 Å². The predicted molar refractivity (Wildman–Crippen MR) is 73.3 cm³/mol. The molecule has 3 heteroatoms. The topological polar surface area (TPSA) is 56.0 Å². The second-order valence-corrected chi connectivity index (χ2v) is 4.62. The third-order valence-corrected chi connectivity index (χ3v) is 3.16. The summed E-state index contributed by atoms with van der Waals surface area (Å²) in [6.07, 6.45) is 1.14. The van der Waals surface area contributed by atoms with Gasteiger partial charge in [-0.1, -0.05) is 31.2 Å². The van der Waals surface area contributed by atoms with Gasteiger partial charge in [-0.3, -0.25) is 9.78 Å². The van der Waals surface area contributed by atoms with Gasteiger partial charge in [0.2, 0.25) is 0 Å². The highest BCUT2D eigenvalue weighted by Gasteiger charge is 2.13. The van der Waals surface area contributed by atoms with E-state index in [1.165, 1.54) is 0 Å². The van der Waals surface area contributed by atoms with Crippen molar-refractivity contribution in [1.82, 2.24) is 4.98 Å². The number of nitrogens with two attached hydrogens (primary N) is 1. The summed E-state index contributed by atoms with van der Waals surface area (Å²) in [5, 5.41) is 1.10. The zero-order valence-electron chi connectivity index (χ0n) is 10.6. The van der Waals surface area contributed by atoms with Gasteiger partial charge in [-0.25, -0.2) is 0 Å². The monoisotopic (exact) mass is 242 g/mol. The van der Waals surface area contributed by atoms with E-state index in [4.69, 9.17) is 5.73 Å².